The Morgan fingerprint density at radius 3 is 2.76 bits per heavy atom. The lowest BCUT2D eigenvalue weighted by molar-refractivity contribution is 0.156. The summed E-state index contributed by atoms with van der Waals surface area (Å²) in [7, 11) is 0. The number of nitrogens with zero attached hydrogens (tertiary/aromatic N) is 2. The number of rotatable bonds is 7. The molecule has 1 aromatic heterocycles. The summed E-state index contributed by atoms with van der Waals surface area (Å²) in [5.41, 5.74) is 4.35. The van der Waals surface area contributed by atoms with Gasteiger partial charge in [-0.15, -0.1) is 0 Å². The van der Waals surface area contributed by atoms with Crippen LogP contribution in [0.25, 0.3) is 5.57 Å². The Bertz CT molecular complexity index is 708. The maximum Gasteiger partial charge on any atom is 0.123 e. The molecule has 1 aromatic carbocycles. The second-order valence-electron chi connectivity index (χ2n) is 6.62. The Labute approximate surface area is 148 Å². The summed E-state index contributed by atoms with van der Waals surface area (Å²) in [5, 5.41) is 17.7. The third-order valence-electron chi connectivity index (χ3n) is 4.84. The average Bonchev–Trinajstić information content (AvgIpc) is 3.12. The minimum absolute atomic E-state index is 0.269. The van der Waals surface area contributed by atoms with Gasteiger partial charge in [0, 0.05) is 18.8 Å². The predicted octanol–water partition coefficient (Wildman–Crippen LogP) is 3.71. The largest absolute Gasteiger partial charge is 0.388 e. The normalized spacial score (nSPS) is 16.7. The molecule has 3 rings (SSSR count). The van der Waals surface area contributed by atoms with E-state index in [9.17, 15) is 9.50 Å². The number of hydrogen-bond acceptors (Lipinski definition) is 3. The first-order chi connectivity index (χ1) is 12.2. The van der Waals surface area contributed by atoms with Crippen LogP contribution in [0.5, 0.6) is 0 Å². The van der Waals surface area contributed by atoms with Crippen LogP contribution in [0.4, 0.5) is 4.39 Å². The molecule has 0 fully saturated rings. The second kappa shape index (κ2) is 8.41. The molecule has 25 heavy (non-hydrogen) atoms. The molecule has 1 atom stereocenters. The first-order valence-corrected chi connectivity index (χ1v) is 9.05. The molecule has 1 aliphatic heterocycles. The van der Waals surface area contributed by atoms with Gasteiger partial charge >= 0.3 is 0 Å². The highest BCUT2D eigenvalue weighted by atomic mass is 19.1. The molecule has 5 heteroatoms. The zero-order valence-electron chi connectivity index (χ0n) is 14.7. The monoisotopic (exact) mass is 343 g/mol. The van der Waals surface area contributed by atoms with Crippen molar-refractivity contribution >= 4 is 5.57 Å². The van der Waals surface area contributed by atoms with E-state index in [1.54, 1.807) is 12.1 Å². The zero-order chi connectivity index (χ0) is 17.6. The van der Waals surface area contributed by atoms with Crippen molar-refractivity contribution in [3.63, 3.8) is 0 Å². The van der Waals surface area contributed by atoms with Gasteiger partial charge in [-0.3, -0.25) is 10.00 Å². The minimum Gasteiger partial charge on any atom is -0.388 e. The molecule has 0 radical (unpaired) electrons. The summed E-state index contributed by atoms with van der Waals surface area (Å²) in [5.74, 6) is -0.269. The predicted molar refractivity (Wildman–Crippen MR) is 97.6 cm³/mol. The quantitative estimate of drug-likeness (QED) is 0.806. The van der Waals surface area contributed by atoms with E-state index < -0.39 is 6.10 Å². The molecule has 0 amide bonds. The van der Waals surface area contributed by atoms with Gasteiger partial charge in [0.25, 0.3) is 0 Å². The Morgan fingerprint density at radius 2 is 2.12 bits per heavy atom. The van der Waals surface area contributed by atoms with Crippen LogP contribution in [0, 0.1) is 5.82 Å². The van der Waals surface area contributed by atoms with Gasteiger partial charge in [0.1, 0.15) is 5.82 Å². The minimum atomic E-state index is -0.520. The number of benzene rings is 1. The fourth-order valence-electron chi connectivity index (χ4n) is 3.21. The summed E-state index contributed by atoms with van der Waals surface area (Å²) in [4.78, 5) is 2.40. The van der Waals surface area contributed by atoms with Gasteiger partial charge in [0.05, 0.1) is 11.8 Å². The van der Waals surface area contributed by atoms with Crippen molar-refractivity contribution < 1.29 is 9.50 Å². The smallest absolute Gasteiger partial charge is 0.123 e. The van der Waals surface area contributed by atoms with Crippen molar-refractivity contribution in [3.05, 3.63) is 59.2 Å². The van der Waals surface area contributed by atoms with Crippen LogP contribution in [-0.4, -0.2) is 39.8 Å². The number of aromatic nitrogens is 2. The van der Waals surface area contributed by atoms with E-state index in [4.69, 9.17) is 0 Å². The molecule has 0 aliphatic carbocycles. The Hall–Kier alpha value is -1.98. The number of aliphatic hydroxyl groups excluding tert-OH is 1. The molecule has 0 bridgehead atoms. The number of hydrogen-bond donors (Lipinski definition) is 2. The maximum atomic E-state index is 12.9. The number of H-pyrrole nitrogens is 1. The molecule has 4 nitrogen and oxygen atoms in total. The highest BCUT2D eigenvalue weighted by Gasteiger charge is 2.15. The lowest BCUT2D eigenvalue weighted by Gasteiger charge is -2.26. The van der Waals surface area contributed by atoms with E-state index in [0.29, 0.717) is 6.42 Å². The summed E-state index contributed by atoms with van der Waals surface area (Å²) in [6.45, 7) is 5.03. The third kappa shape index (κ3) is 4.77. The van der Waals surface area contributed by atoms with Crippen LogP contribution in [-0.2, 0) is 6.42 Å². The fraction of sp³-hybridized carbons (Fsp3) is 0.450. The van der Waals surface area contributed by atoms with Gasteiger partial charge in [-0.25, -0.2) is 4.39 Å². The highest BCUT2D eigenvalue weighted by Crippen LogP contribution is 2.23. The number of halogens is 1. The van der Waals surface area contributed by atoms with Crippen molar-refractivity contribution in [2.75, 3.05) is 19.6 Å². The molecule has 1 aliphatic rings. The number of aromatic amines is 1. The number of aryl methyl sites for hydroxylation is 1. The summed E-state index contributed by atoms with van der Waals surface area (Å²) in [6.07, 6.45) is 5.34. The third-order valence-corrected chi connectivity index (χ3v) is 4.84. The van der Waals surface area contributed by atoms with Gasteiger partial charge < -0.3 is 5.11 Å². The molecule has 0 saturated heterocycles. The molecule has 134 valence electrons. The number of nitrogens with one attached hydrogen (secondary N) is 1. The lowest BCUT2D eigenvalue weighted by Crippen LogP contribution is -2.29. The molecule has 0 spiro atoms. The van der Waals surface area contributed by atoms with Gasteiger partial charge in [-0.2, -0.15) is 5.10 Å². The van der Waals surface area contributed by atoms with Gasteiger partial charge in [0.2, 0.25) is 0 Å². The van der Waals surface area contributed by atoms with Gasteiger partial charge in [0.15, 0.2) is 0 Å². The SMILES string of the molecule is CCc1cc(C2=CCN(CCCC(O)c3ccc(F)cc3)CC2)n[nH]1. The van der Waals surface area contributed by atoms with Crippen molar-refractivity contribution in [2.45, 2.75) is 38.7 Å². The molecule has 0 saturated carbocycles. The van der Waals surface area contributed by atoms with Crippen LogP contribution < -0.4 is 0 Å². The Kier molecular flexibility index (Phi) is 6.00. The maximum absolute atomic E-state index is 12.9. The zero-order valence-corrected chi connectivity index (χ0v) is 14.7. The van der Waals surface area contributed by atoms with Crippen molar-refractivity contribution in [2.24, 2.45) is 0 Å². The first-order valence-electron chi connectivity index (χ1n) is 9.05. The molecule has 2 heterocycles. The Morgan fingerprint density at radius 1 is 1.32 bits per heavy atom. The van der Waals surface area contributed by atoms with Crippen LogP contribution in [0.1, 0.15) is 49.2 Å². The molecule has 1 unspecified atom stereocenters. The topological polar surface area (TPSA) is 52.1 Å². The van der Waals surface area contributed by atoms with Crippen LogP contribution in [0.3, 0.4) is 0 Å². The first kappa shape index (κ1) is 17.8. The van der Waals surface area contributed by atoms with Crippen molar-refractivity contribution in [1.82, 2.24) is 15.1 Å². The lowest BCUT2D eigenvalue weighted by atomic mass is 10.0. The van der Waals surface area contributed by atoms with Crippen LogP contribution in [0.15, 0.2) is 36.4 Å². The highest BCUT2D eigenvalue weighted by molar-refractivity contribution is 5.63. The van der Waals surface area contributed by atoms with E-state index in [1.807, 2.05) is 0 Å². The summed E-state index contributed by atoms with van der Waals surface area (Å²) < 4.78 is 12.9. The fourth-order valence-corrected chi connectivity index (χ4v) is 3.21. The van der Waals surface area contributed by atoms with Crippen LogP contribution >= 0.6 is 0 Å². The molecular weight excluding hydrogens is 317 g/mol. The Balaban J connectivity index is 1.43. The van der Waals surface area contributed by atoms with E-state index in [0.717, 1.165) is 50.2 Å². The van der Waals surface area contributed by atoms with Gasteiger partial charge in [-0.05, 0) is 61.6 Å². The van der Waals surface area contributed by atoms with Crippen LogP contribution in [0.2, 0.25) is 0 Å². The summed E-state index contributed by atoms with van der Waals surface area (Å²) in [6, 6.07) is 8.25. The van der Waals surface area contributed by atoms with Crippen molar-refractivity contribution in [3.8, 4) is 0 Å². The second-order valence-corrected chi connectivity index (χ2v) is 6.62. The average molecular weight is 343 g/mol. The molecular formula is C20H26FN3O. The standard InChI is InChI=1S/C20H26FN3O/c1-2-18-14-19(23-22-18)15-9-12-24(13-10-15)11-3-4-20(25)16-5-7-17(21)8-6-16/h5-9,14,20,25H,2-4,10-13H2,1H3,(H,22,23). The summed E-state index contributed by atoms with van der Waals surface area (Å²) >= 11 is 0. The van der Waals surface area contributed by atoms with E-state index in [1.165, 1.54) is 23.4 Å². The molecule has 2 aromatic rings. The van der Waals surface area contributed by atoms with E-state index >= 15 is 0 Å². The van der Waals surface area contributed by atoms with Gasteiger partial charge in [-0.1, -0.05) is 25.1 Å². The number of aliphatic hydroxyl groups is 1. The molecule has 2 N–H and O–H groups in total. The van der Waals surface area contributed by atoms with E-state index in [2.05, 4.69) is 34.2 Å². The van der Waals surface area contributed by atoms with Crippen molar-refractivity contribution in [1.29, 1.82) is 0 Å². The van der Waals surface area contributed by atoms with E-state index in [-0.39, 0.29) is 5.82 Å².